The number of benzene rings is 2. The summed E-state index contributed by atoms with van der Waals surface area (Å²) in [7, 11) is 0. The molecule has 0 aliphatic heterocycles. The van der Waals surface area contributed by atoms with Crippen LogP contribution in [0.4, 0.5) is 4.39 Å². The monoisotopic (exact) mass is 368 g/mol. The van der Waals surface area contributed by atoms with E-state index in [-0.39, 0.29) is 30.8 Å². The summed E-state index contributed by atoms with van der Waals surface area (Å²) < 4.78 is 13.4. The van der Waals surface area contributed by atoms with E-state index in [2.05, 4.69) is 11.9 Å². The molecule has 1 heterocycles. The molecular weight excluding hydrogens is 347 g/mol. The van der Waals surface area contributed by atoms with Gasteiger partial charge in [0.15, 0.2) is 0 Å². The van der Waals surface area contributed by atoms with Gasteiger partial charge in [0.25, 0.3) is 11.5 Å². The molecule has 0 spiro atoms. The zero-order valence-corrected chi connectivity index (χ0v) is 15.0. The van der Waals surface area contributed by atoms with Crippen LogP contribution in [-0.2, 0) is 13.0 Å². The van der Waals surface area contributed by atoms with Gasteiger partial charge in [0.1, 0.15) is 5.82 Å². The first-order valence-electron chi connectivity index (χ1n) is 8.82. The quantitative estimate of drug-likeness (QED) is 0.703. The maximum Gasteiger partial charge on any atom is 0.254 e. The second kappa shape index (κ2) is 8.14. The average molecular weight is 368 g/mol. The third-order valence-electron chi connectivity index (χ3n) is 4.48. The van der Waals surface area contributed by atoms with Gasteiger partial charge in [-0.1, -0.05) is 19.1 Å². The number of nitrogens with zero attached hydrogens (tertiary/aromatic N) is 1. The molecule has 27 heavy (non-hydrogen) atoms. The lowest BCUT2D eigenvalue weighted by Gasteiger charge is -2.22. The Bertz CT molecular complexity index is 1030. The highest BCUT2D eigenvalue weighted by Crippen LogP contribution is 2.16. The van der Waals surface area contributed by atoms with Crippen molar-refractivity contribution in [1.29, 1.82) is 0 Å². The first kappa shape index (κ1) is 18.8. The number of H-pyrrole nitrogens is 1. The van der Waals surface area contributed by atoms with E-state index in [1.807, 2.05) is 18.2 Å². The number of halogens is 1. The summed E-state index contributed by atoms with van der Waals surface area (Å²) in [4.78, 5) is 29.3. The number of pyridine rings is 1. The number of aliphatic hydroxyl groups excluding tert-OH is 1. The summed E-state index contributed by atoms with van der Waals surface area (Å²) in [6.07, 6.45) is 0.874. The molecule has 0 bridgehead atoms. The maximum absolute atomic E-state index is 13.4. The van der Waals surface area contributed by atoms with E-state index in [1.165, 1.54) is 23.1 Å². The number of hydrogen-bond donors (Lipinski definition) is 2. The number of nitrogens with one attached hydrogen (secondary N) is 1. The Kier molecular flexibility index (Phi) is 5.66. The van der Waals surface area contributed by atoms with E-state index >= 15 is 0 Å². The number of fused-ring (bicyclic) bond motifs is 1. The normalized spacial score (nSPS) is 10.9. The highest BCUT2D eigenvalue weighted by Gasteiger charge is 2.18. The molecule has 2 aromatic carbocycles. The molecule has 0 aliphatic rings. The van der Waals surface area contributed by atoms with Gasteiger partial charge in [-0.3, -0.25) is 9.59 Å². The van der Waals surface area contributed by atoms with Crippen molar-refractivity contribution in [1.82, 2.24) is 9.88 Å². The third-order valence-corrected chi connectivity index (χ3v) is 4.48. The zero-order valence-electron chi connectivity index (χ0n) is 15.0. The average Bonchev–Trinajstić information content (AvgIpc) is 2.67. The van der Waals surface area contributed by atoms with Gasteiger partial charge >= 0.3 is 0 Å². The van der Waals surface area contributed by atoms with Crippen molar-refractivity contribution < 1.29 is 14.3 Å². The molecule has 0 fully saturated rings. The topological polar surface area (TPSA) is 73.4 Å². The summed E-state index contributed by atoms with van der Waals surface area (Å²) in [6.45, 7) is 1.86. The number of aryl methyl sites for hydroxylation is 1. The number of hydrogen-bond acceptors (Lipinski definition) is 3. The smallest absolute Gasteiger partial charge is 0.254 e. The second-order valence-electron chi connectivity index (χ2n) is 6.36. The Balaban J connectivity index is 1.95. The van der Waals surface area contributed by atoms with Crippen molar-refractivity contribution in [3.63, 3.8) is 0 Å². The minimum atomic E-state index is -0.513. The summed E-state index contributed by atoms with van der Waals surface area (Å²) in [5, 5.41) is 10.2. The predicted molar refractivity (Wildman–Crippen MR) is 102 cm³/mol. The van der Waals surface area contributed by atoms with Gasteiger partial charge in [-0.2, -0.15) is 0 Å². The molecule has 1 amide bonds. The summed E-state index contributed by atoms with van der Waals surface area (Å²) in [5.74, 6) is -0.953. The molecule has 5 nitrogen and oxygen atoms in total. The minimum absolute atomic E-state index is 0.0253. The molecule has 0 radical (unpaired) electrons. The van der Waals surface area contributed by atoms with Crippen molar-refractivity contribution in [2.45, 2.75) is 19.9 Å². The molecule has 2 N–H and O–H groups in total. The Morgan fingerprint density at radius 3 is 2.70 bits per heavy atom. The fourth-order valence-electron chi connectivity index (χ4n) is 3.02. The van der Waals surface area contributed by atoms with Crippen molar-refractivity contribution >= 4 is 16.8 Å². The summed E-state index contributed by atoms with van der Waals surface area (Å²) in [6, 6.07) is 12.9. The van der Waals surface area contributed by atoms with E-state index in [4.69, 9.17) is 0 Å². The first-order chi connectivity index (χ1) is 13.0. The number of carbonyl (C=O) groups excluding carboxylic acids is 1. The van der Waals surface area contributed by atoms with Crippen LogP contribution in [0.1, 0.15) is 28.4 Å². The number of aliphatic hydroxyl groups is 1. The lowest BCUT2D eigenvalue weighted by atomic mass is 10.1. The minimum Gasteiger partial charge on any atom is -0.395 e. The molecule has 0 atom stereocenters. The van der Waals surface area contributed by atoms with Gasteiger partial charge in [-0.15, -0.1) is 0 Å². The van der Waals surface area contributed by atoms with E-state index in [0.717, 1.165) is 29.0 Å². The Labute approximate surface area is 156 Å². The Morgan fingerprint density at radius 1 is 1.19 bits per heavy atom. The lowest BCUT2D eigenvalue weighted by Crippen LogP contribution is -2.35. The van der Waals surface area contributed by atoms with Crippen LogP contribution in [0.25, 0.3) is 10.9 Å². The fourth-order valence-corrected chi connectivity index (χ4v) is 3.02. The van der Waals surface area contributed by atoms with E-state index < -0.39 is 11.7 Å². The molecule has 3 aromatic rings. The second-order valence-corrected chi connectivity index (χ2v) is 6.36. The number of aromatic amines is 1. The number of amides is 1. The molecule has 0 saturated heterocycles. The summed E-state index contributed by atoms with van der Waals surface area (Å²) in [5.41, 5.74) is 2.17. The van der Waals surface area contributed by atoms with Gasteiger partial charge in [-0.25, -0.2) is 4.39 Å². The van der Waals surface area contributed by atoms with Crippen LogP contribution in [0.5, 0.6) is 0 Å². The molecular formula is C21H21FN2O3. The number of carbonyl (C=O) groups is 1. The first-order valence-corrected chi connectivity index (χ1v) is 8.82. The van der Waals surface area contributed by atoms with Crippen LogP contribution < -0.4 is 5.56 Å². The van der Waals surface area contributed by atoms with Crippen LogP contribution in [-0.4, -0.2) is 34.0 Å². The SMILES string of the molecule is CCc1ccc2[nH]c(=O)c(CN(CCO)C(=O)c3cccc(F)c3)cc2c1. The van der Waals surface area contributed by atoms with Gasteiger partial charge < -0.3 is 15.0 Å². The van der Waals surface area contributed by atoms with Crippen molar-refractivity contribution in [3.05, 3.63) is 81.4 Å². The molecule has 0 aliphatic carbocycles. The largest absolute Gasteiger partial charge is 0.395 e. The molecule has 1 aromatic heterocycles. The van der Waals surface area contributed by atoms with Crippen molar-refractivity contribution in [3.8, 4) is 0 Å². The standard InChI is InChI=1S/C21H21FN2O3/c1-2-14-6-7-19-16(10-14)11-17(20(26)23-19)13-24(8-9-25)21(27)15-4-3-5-18(22)12-15/h3-7,10-12,25H,2,8-9,13H2,1H3,(H,23,26). The van der Waals surface area contributed by atoms with Crippen LogP contribution in [0.3, 0.4) is 0 Å². The summed E-state index contributed by atoms with van der Waals surface area (Å²) >= 11 is 0. The third kappa shape index (κ3) is 4.23. The van der Waals surface area contributed by atoms with E-state index in [1.54, 1.807) is 6.07 Å². The van der Waals surface area contributed by atoms with Crippen LogP contribution >= 0.6 is 0 Å². The van der Waals surface area contributed by atoms with Crippen LogP contribution in [0.2, 0.25) is 0 Å². The van der Waals surface area contributed by atoms with Gasteiger partial charge in [0, 0.05) is 23.2 Å². The molecule has 6 heteroatoms. The molecule has 3 rings (SSSR count). The molecule has 140 valence electrons. The fraction of sp³-hybridized carbons (Fsp3) is 0.238. The van der Waals surface area contributed by atoms with Gasteiger partial charge in [0.2, 0.25) is 0 Å². The maximum atomic E-state index is 13.4. The Hall–Kier alpha value is -2.99. The lowest BCUT2D eigenvalue weighted by molar-refractivity contribution is 0.0706. The Morgan fingerprint density at radius 2 is 2.00 bits per heavy atom. The van der Waals surface area contributed by atoms with Gasteiger partial charge in [-0.05, 0) is 53.8 Å². The zero-order chi connectivity index (χ0) is 19.4. The van der Waals surface area contributed by atoms with E-state index in [9.17, 15) is 19.1 Å². The number of aromatic nitrogens is 1. The number of rotatable bonds is 6. The predicted octanol–water partition coefficient (Wildman–Crippen LogP) is 2.86. The molecule has 0 saturated carbocycles. The highest BCUT2D eigenvalue weighted by molar-refractivity contribution is 5.94. The van der Waals surface area contributed by atoms with Crippen molar-refractivity contribution in [2.75, 3.05) is 13.2 Å². The highest BCUT2D eigenvalue weighted by atomic mass is 19.1. The van der Waals surface area contributed by atoms with Crippen LogP contribution in [0, 0.1) is 5.82 Å². The molecule has 0 unspecified atom stereocenters. The van der Waals surface area contributed by atoms with Crippen molar-refractivity contribution in [2.24, 2.45) is 0 Å². The van der Waals surface area contributed by atoms with Crippen LogP contribution in [0.15, 0.2) is 53.3 Å². The van der Waals surface area contributed by atoms with E-state index in [0.29, 0.717) is 5.56 Å². The van der Waals surface area contributed by atoms with Gasteiger partial charge in [0.05, 0.1) is 13.2 Å².